The van der Waals surface area contributed by atoms with E-state index in [4.69, 9.17) is 15.7 Å². The van der Waals surface area contributed by atoms with E-state index in [0.29, 0.717) is 16.7 Å². The lowest BCUT2D eigenvalue weighted by Gasteiger charge is -2.10. The monoisotopic (exact) mass is 383 g/mol. The van der Waals surface area contributed by atoms with Crippen LogP contribution in [0.1, 0.15) is 22.3 Å². The van der Waals surface area contributed by atoms with Crippen molar-refractivity contribution < 1.29 is 18.7 Å². The Morgan fingerprint density at radius 3 is 2.68 bits per heavy atom. The first-order chi connectivity index (χ1) is 13.5. The number of guanidine groups is 1. The maximum absolute atomic E-state index is 14.5. The molecule has 0 radical (unpaired) electrons. The van der Waals surface area contributed by atoms with Crippen LogP contribution in [-0.2, 0) is 16.1 Å². The molecule has 2 rings (SSSR count). The number of benzene rings is 2. The van der Waals surface area contributed by atoms with Gasteiger partial charge in [0.05, 0.1) is 25.3 Å². The summed E-state index contributed by atoms with van der Waals surface area (Å²) in [7, 11) is 1.28. The molecule has 4 N–H and O–H groups in total. The van der Waals surface area contributed by atoms with Crippen molar-refractivity contribution in [2.45, 2.75) is 13.0 Å². The molecule has 0 spiro atoms. The zero-order valence-corrected chi connectivity index (χ0v) is 15.0. The molecule has 9 heteroatoms. The number of carbonyl (C=O) groups is 2. The minimum absolute atomic E-state index is 0.0717. The Hall–Kier alpha value is -3.93. The molecule has 2 aromatic carbocycles. The van der Waals surface area contributed by atoms with Crippen molar-refractivity contribution in [3.05, 3.63) is 59.4 Å². The van der Waals surface area contributed by atoms with E-state index in [2.05, 4.69) is 15.8 Å². The number of halogens is 1. The van der Waals surface area contributed by atoms with Crippen LogP contribution in [0.5, 0.6) is 0 Å². The van der Waals surface area contributed by atoms with Crippen molar-refractivity contribution in [2.75, 3.05) is 7.11 Å². The van der Waals surface area contributed by atoms with Gasteiger partial charge in [-0.15, -0.1) is 0 Å². The summed E-state index contributed by atoms with van der Waals surface area (Å²) in [4.78, 5) is 27.0. The third-order valence-electron chi connectivity index (χ3n) is 3.69. The average molecular weight is 383 g/mol. The molecule has 0 fully saturated rings. The molecule has 0 aromatic heterocycles. The summed E-state index contributed by atoms with van der Waals surface area (Å²) in [6.45, 7) is -0.0717. The normalized spacial score (nSPS) is 10.7. The topological polar surface area (TPSA) is 130 Å². The van der Waals surface area contributed by atoms with Gasteiger partial charge >= 0.3 is 5.97 Å². The minimum Gasteiger partial charge on any atom is -0.465 e. The third kappa shape index (κ3) is 5.28. The first-order valence-electron chi connectivity index (χ1n) is 8.14. The number of nitriles is 1. The Labute approximate surface area is 160 Å². The van der Waals surface area contributed by atoms with Crippen LogP contribution in [0.25, 0.3) is 11.1 Å². The molecular weight excluding hydrogens is 365 g/mol. The number of amides is 1. The fourth-order valence-electron chi connectivity index (χ4n) is 2.33. The number of hydrogen-bond acceptors (Lipinski definition) is 5. The average Bonchev–Trinajstić information content (AvgIpc) is 2.71. The summed E-state index contributed by atoms with van der Waals surface area (Å²) >= 11 is 0. The van der Waals surface area contributed by atoms with Gasteiger partial charge in [0.25, 0.3) is 5.91 Å². The summed E-state index contributed by atoms with van der Waals surface area (Å²) in [5.41, 5.74) is 11.7. The molecular formula is C19H18FN5O3. The fraction of sp³-hybridized carbons (Fsp3) is 0.158. The Kier molecular flexibility index (Phi) is 7.05. The molecule has 2 aromatic rings. The van der Waals surface area contributed by atoms with Gasteiger partial charge in [0.15, 0.2) is 0 Å². The van der Waals surface area contributed by atoms with Gasteiger partial charge in [0.2, 0.25) is 5.96 Å². The quantitative estimate of drug-likeness (QED) is 0.311. The van der Waals surface area contributed by atoms with E-state index in [0.717, 1.165) is 0 Å². The Morgan fingerprint density at radius 1 is 1.25 bits per heavy atom. The van der Waals surface area contributed by atoms with Crippen LogP contribution in [-0.4, -0.2) is 24.9 Å². The van der Waals surface area contributed by atoms with Gasteiger partial charge in [0.1, 0.15) is 12.2 Å². The number of hydrogen-bond donors (Lipinski definition) is 3. The minimum atomic E-state index is -0.569. The Balaban J connectivity index is 2.13. The number of nitrogens with one attached hydrogen (secondary N) is 2. The number of ether oxygens (including phenoxy) is 1. The second kappa shape index (κ2) is 9.68. The highest BCUT2D eigenvalue weighted by atomic mass is 19.1. The van der Waals surface area contributed by atoms with E-state index in [-0.39, 0.29) is 24.5 Å². The molecule has 0 bridgehead atoms. The largest absolute Gasteiger partial charge is 0.465 e. The highest BCUT2D eigenvalue weighted by Crippen LogP contribution is 2.26. The van der Waals surface area contributed by atoms with Gasteiger partial charge in [-0.2, -0.15) is 5.26 Å². The van der Waals surface area contributed by atoms with E-state index in [1.807, 2.05) is 0 Å². The lowest BCUT2D eigenvalue weighted by Crippen LogP contribution is -2.45. The van der Waals surface area contributed by atoms with Crippen LogP contribution in [0, 0.1) is 17.1 Å². The van der Waals surface area contributed by atoms with Gasteiger partial charge in [-0.05, 0) is 23.3 Å². The predicted octanol–water partition coefficient (Wildman–Crippen LogP) is 1.63. The molecule has 0 heterocycles. The standard InChI is InChI=1S/C19H18FN5O3/c1-28-18(27)15-5-3-2-4-14(15)12-6-7-13(16(20)10-12)11-23-19(22)25-24-17(26)8-9-21/h2-7,10H,8,11H2,1H3,(H,24,26)(H3,22,23,25). The van der Waals surface area contributed by atoms with E-state index >= 15 is 0 Å². The molecule has 0 saturated carbocycles. The van der Waals surface area contributed by atoms with Crippen molar-refractivity contribution in [1.82, 2.24) is 10.9 Å². The molecule has 0 aliphatic rings. The number of carbonyl (C=O) groups excluding carboxylic acids is 2. The van der Waals surface area contributed by atoms with Gasteiger partial charge < -0.3 is 10.5 Å². The van der Waals surface area contributed by atoms with Gasteiger partial charge in [-0.1, -0.05) is 30.3 Å². The van der Waals surface area contributed by atoms with Crippen molar-refractivity contribution >= 4 is 17.8 Å². The van der Waals surface area contributed by atoms with Crippen molar-refractivity contribution in [3.8, 4) is 17.2 Å². The van der Waals surface area contributed by atoms with E-state index < -0.39 is 17.7 Å². The Morgan fingerprint density at radius 2 is 2.00 bits per heavy atom. The van der Waals surface area contributed by atoms with E-state index in [1.165, 1.54) is 19.2 Å². The molecule has 144 valence electrons. The number of nitrogens with zero attached hydrogens (tertiary/aromatic N) is 2. The van der Waals surface area contributed by atoms with E-state index in [9.17, 15) is 14.0 Å². The molecule has 0 atom stereocenters. The number of methoxy groups -OCH3 is 1. The first-order valence-corrected chi connectivity index (χ1v) is 8.14. The Bertz CT molecular complexity index is 953. The summed E-state index contributed by atoms with van der Waals surface area (Å²) in [6, 6.07) is 12.9. The maximum atomic E-state index is 14.5. The zero-order valence-electron chi connectivity index (χ0n) is 15.0. The lowest BCUT2D eigenvalue weighted by molar-refractivity contribution is -0.120. The molecule has 0 saturated heterocycles. The summed E-state index contributed by atoms with van der Waals surface area (Å²) in [5.74, 6) is -1.74. The van der Waals surface area contributed by atoms with Crippen LogP contribution >= 0.6 is 0 Å². The number of rotatable bonds is 5. The van der Waals surface area contributed by atoms with Crippen LogP contribution in [0.4, 0.5) is 4.39 Å². The number of hydrazine groups is 1. The van der Waals surface area contributed by atoms with Crippen molar-refractivity contribution in [1.29, 1.82) is 5.26 Å². The van der Waals surface area contributed by atoms with E-state index in [1.54, 1.807) is 36.4 Å². The third-order valence-corrected chi connectivity index (χ3v) is 3.69. The fourth-order valence-corrected chi connectivity index (χ4v) is 2.33. The van der Waals surface area contributed by atoms with Gasteiger partial charge in [0, 0.05) is 5.56 Å². The molecule has 28 heavy (non-hydrogen) atoms. The second-order valence-electron chi connectivity index (χ2n) is 5.55. The number of aliphatic imine (C=N–C) groups is 1. The lowest BCUT2D eigenvalue weighted by atomic mass is 9.98. The van der Waals surface area contributed by atoms with Gasteiger partial charge in [-0.3, -0.25) is 15.6 Å². The highest BCUT2D eigenvalue weighted by molar-refractivity contribution is 5.97. The molecule has 1 amide bonds. The first kappa shape index (κ1) is 20.4. The molecule has 0 aliphatic carbocycles. The summed E-state index contributed by atoms with van der Waals surface area (Å²) < 4.78 is 19.2. The maximum Gasteiger partial charge on any atom is 0.338 e. The summed E-state index contributed by atoms with van der Waals surface area (Å²) in [6.07, 6.45) is -0.330. The van der Waals surface area contributed by atoms with Gasteiger partial charge in [-0.25, -0.2) is 14.2 Å². The number of nitrogens with two attached hydrogens (primary N) is 1. The number of esters is 1. The highest BCUT2D eigenvalue weighted by Gasteiger charge is 2.14. The SMILES string of the molecule is COC(=O)c1ccccc1-c1ccc(CN=C(N)NNC(=O)CC#N)c(F)c1. The summed E-state index contributed by atoms with van der Waals surface area (Å²) in [5, 5.41) is 8.38. The molecule has 0 unspecified atom stereocenters. The molecule has 0 aliphatic heterocycles. The smallest absolute Gasteiger partial charge is 0.338 e. The van der Waals surface area contributed by atoms with Crippen molar-refractivity contribution in [2.24, 2.45) is 10.7 Å². The zero-order chi connectivity index (χ0) is 20.5. The van der Waals surface area contributed by atoms with Crippen molar-refractivity contribution in [3.63, 3.8) is 0 Å². The van der Waals surface area contributed by atoms with Crippen LogP contribution < -0.4 is 16.6 Å². The molecule has 8 nitrogen and oxygen atoms in total. The van der Waals surface area contributed by atoms with Crippen LogP contribution in [0.2, 0.25) is 0 Å². The predicted molar refractivity (Wildman–Crippen MR) is 100 cm³/mol. The van der Waals surface area contributed by atoms with Crippen LogP contribution in [0.3, 0.4) is 0 Å². The van der Waals surface area contributed by atoms with Crippen LogP contribution in [0.15, 0.2) is 47.5 Å². The second-order valence-corrected chi connectivity index (χ2v) is 5.55.